The van der Waals surface area contributed by atoms with Gasteiger partial charge in [0.25, 0.3) is 0 Å². The minimum absolute atomic E-state index is 0.0201. The second-order valence-corrected chi connectivity index (χ2v) is 4.94. The average molecular weight is 216 g/mol. The van der Waals surface area contributed by atoms with Gasteiger partial charge in [-0.15, -0.1) is 0 Å². The lowest BCUT2D eigenvalue weighted by molar-refractivity contribution is -0.162. The van der Waals surface area contributed by atoms with Crippen LogP contribution in [-0.2, 0) is 14.3 Å². The van der Waals surface area contributed by atoms with Gasteiger partial charge in [-0.1, -0.05) is 0 Å². The minimum atomic E-state index is -1.49. The Hall–Kier alpha value is -0.930. The van der Waals surface area contributed by atoms with Gasteiger partial charge in [0.05, 0.1) is 5.92 Å². The number of halogens is 1. The standard InChI is InChI=1S/C11H17FO3/c1-11(2,3)15-10(14)7-4-5-9(13)8(12)6-7/h7-8H,4-6H2,1-3H3. The van der Waals surface area contributed by atoms with Gasteiger partial charge in [0.15, 0.2) is 12.0 Å². The highest BCUT2D eigenvalue weighted by Gasteiger charge is 2.34. The van der Waals surface area contributed by atoms with Crippen molar-refractivity contribution in [2.75, 3.05) is 0 Å². The Labute approximate surface area is 89.0 Å². The van der Waals surface area contributed by atoms with E-state index in [0.29, 0.717) is 6.42 Å². The van der Waals surface area contributed by atoms with E-state index in [2.05, 4.69) is 0 Å². The van der Waals surface area contributed by atoms with E-state index in [1.54, 1.807) is 20.8 Å². The van der Waals surface area contributed by atoms with Crippen LogP contribution in [0.15, 0.2) is 0 Å². The topological polar surface area (TPSA) is 43.4 Å². The monoisotopic (exact) mass is 216 g/mol. The van der Waals surface area contributed by atoms with Crippen LogP contribution in [0.4, 0.5) is 4.39 Å². The Kier molecular flexibility index (Phi) is 3.47. The summed E-state index contributed by atoms with van der Waals surface area (Å²) >= 11 is 0. The van der Waals surface area contributed by atoms with Gasteiger partial charge in [-0.2, -0.15) is 0 Å². The summed E-state index contributed by atoms with van der Waals surface area (Å²) in [5.74, 6) is -1.25. The highest BCUT2D eigenvalue weighted by molar-refractivity contribution is 5.86. The molecule has 0 N–H and O–H groups in total. The summed E-state index contributed by atoms with van der Waals surface area (Å²) in [4.78, 5) is 22.5. The van der Waals surface area contributed by atoms with Crippen LogP contribution >= 0.6 is 0 Å². The van der Waals surface area contributed by atoms with E-state index in [0.717, 1.165) is 0 Å². The van der Waals surface area contributed by atoms with Gasteiger partial charge in [0.1, 0.15) is 5.60 Å². The third kappa shape index (κ3) is 3.61. The lowest BCUT2D eigenvalue weighted by atomic mass is 9.87. The van der Waals surface area contributed by atoms with Gasteiger partial charge in [-0.3, -0.25) is 9.59 Å². The molecular formula is C11H17FO3. The number of ether oxygens (including phenoxy) is 1. The van der Waals surface area contributed by atoms with E-state index in [9.17, 15) is 14.0 Å². The van der Waals surface area contributed by atoms with Crippen molar-refractivity contribution in [3.8, 4) is 0 Å². The molecule has 86 valence electrons. The van der Waals surface area contributed by atoms with Crippen LogP contribution in [0.5, 0.6) is 0 Å². The fourth-order valence-electron chi connectivity index (χ4n) is 1.57. The number of alkyl halides is 1. The van der Waals surface area contributed by atoms with Crippen molar-refractivity contribution in [1.82, 2.24) is 0 Å². The molecule has 0 aromatic carbocycles. The zero-order valence-corrected chi connectivity index (χ0v) is 9.38. The molecule has 1 aliphatic carbocycles. The second-order valence-electron chi connectivity index (χ2n) is 4.94. The molecule has 0 spiro atoms. The summed E-state index contributed by atoms with van der Waals surface area (Å²) in [6, 6.07) is 0. The molecule has 2 atom stereocenters. The van der Waals surface area contributed by atoms with Crippen molar-refractivity contribution < 1.29 is 18.7 Å². The molecule has 0 aliphatic heterocycles. The molecule has 0 heterocycles. The third-order valence-electron chi connectivity index (χ3n) is 2.32. The first-order chi connectivity index (χ1) is 6.79. The predicted octanol–water partition coefficient (Wildman–Crippen LogP) is 2.04. The normalized spacial score (nSPS) is 27.6. The number of ketones is 1. The quantitative estimate of drug-likeness (QED) is 0.630. The summed E-state index contributed by atoms with van der Waals surface area (Å²) in [6.45, 7) is 5.31. The summed E-state index contributed by atoms with van der Waals surface area (Å²) in [7, 11) is 0. The fraction of sp³-hybridized carbons (Fsp3) is 0.818. The van der Waals surface area contributed by atoms with Crippen molar-refractivity contribution in [3.63, 3.8) is 0 Å². The Morgan fingerprint density at radius 1 is 1.47 bits per heavy atom. The van der Waals surface area contributed by atoms with Gasteiger partial charge in [-0.25, -0.2) is 4.39 Å². The first-order valence-corrected chi connectivity index (χ1v) is 5.19. The summed E-state index contributed by atoms with van der Waals surface area (Å²) in [5, 5.41) is 0. The van der Waals surface area contributed by atoms with Crippen molar-refractivity contribution >= 4 is 11.8 Å². The van der Waals surface area contributed by atoms with E-state index in [1.165, 1.54) is 0 Å². The Bertz CT molecular complexity index is 267. The van der Waals surface area contributed by atoms with Crippen LogP contribution in [0, 0.1) is 5.92 Å². The molecule has 3 nitrogen and oxygen atoms in total. The first kappa shape index (κ1) is 12.1. The number of carbonyl (C=O) groups is 2. The molecular weight excluding hydrogens is 199 g/mol. The summed E-state index contributed by atoms with van der Waals surface area (Å²) in [5.41, 5.74) is -0.551. The average Bonchev–Trinajstić information content (AvgIpc) is 2.06. The molecule has 1 fully saturated rings. The van der Waals surface area contributed by atoms with Gasteiger partial charge in [0, 0.05) is 6.42 Å². The number of hydrogen-bond acceptors (Lipinski definition) is 3. The lowest BCUT2D eigenvalue weighted by Crippen LogP contribution is -2.35. The molecule has 0 amide bonds. The maximum Gasteiger partial charge on any atom is 0.309 e. The first-order valence-electron chi connectivity index (χ1n) is 5.19. The van der Waals surface area contributed by atoms with Crippen LogP contribution in [0.1, 0.15) is 40.0 Å². The molecule has 0 aromatic rings. The number of hydrogen-bond donors (Lipinski definition) is 0. The van der Waals surface area contributed by atoms with E-state index in [-0.39, 0.29) is 12.8 Å². The molecule has 0 saturated heterocycles. The van der Waals surface area contributed by atoms with Crippen molar-refractivity contribution in [1.29, 1.82) is 0 Å². The van der Waals surface area contributed by atoms with Gasteiger partial charge < -0.3 is 4.74 Å². The number of carbonyl (C=O) groups excluding carboxylic acids is 2. The molecule has 1 rings (SSSR count). The second kappa shape index (κ2) is 4.29. The maximum atomic E-state index is 13.1. The molecule has 1 saturated carbocycles. The van der Waals surface area contributed by atoms with Gasteiger partial charge in [-0.05, 0) is 33.6 Å². The van der Waals surface area contributed by atoms with E-state index in [1.807, 2.05) is 0 Å². The van der Waals surface area contributed by atoms with Crippen molar-refractivity contribution in [2.45, 2.75) is 51.8 Å². The van der Waals surface area contributed by atoms with Gasteiger partial charge in [0.2, 0.25) is 0 Å². The molecule has 0 radical (unpaired) electrons. The smallest absolute Gasteiger partial charge is 0.309 e. The zero-order chi connectivity index (χ0) is 11.6. The molecule has 0 aromatic heterocycles. The number of Topliss-reactive ketones (excluding diaryl/α,β-unsaturated/α-hetero) is 1. The van der Waals surface area contributed by atoms with Crippen LogP contribution in [-0.4, -0.2) is 23.5 Å². The van der Waals surface area contributed by atoms with Crippen LogP contribution in [0.3, 0.4) is 0 Å². The molecule has 15 heavy (non-hydrogen) atoms. The number of esters is 1. The highest BCUT2D eigenvalue weighted by Crippen LogP contribution is 2.26. The van der Waals surface area contributed by atoms with Crippen LogP contribution in [0.2, 0.25) is 0 Å². The largest absolute Gasteiger partial charge is 0.460 e. The van der Waals surface area contributed by atoms with Crippen LogP contribution < -0.4 is 0 Å². The molecule has 4 heteroatoms. The Morgan fingerprint density at radius 2 is 2.07 bits per heavy atom. The SMILES string of the molecule is CC(C)(C)OC(=O)C1CCC(=O)C(F)C1. The predicted molar refractivity (Wildman–Crippen MR) is 53.1 cm³/mol. The molecule has 1 aliphatic rings. The molecule has 0 bridgehead atoms. The maximum absolute atomic E-state index is 13.1. The van der Waals surface area contributed by atoms with E-state index < -0.39 is 29.4 Å². The van der Waals surface area contributed by atoms with Crippen molar-refractivity contribution in [3.05, 3.63) is 0 Å². The minimum Gasteiger partial charge on any atom is -0.460 e. The summed E-state index contributed by atoms with van der Waals surface area (Å²) < 4.78 is 18.2. The number of rotatable bonds is 1. The molecule has 2 unspecified atom stereocenters. The third-order valence-corrected chi connectivity index (χ3v) is 2.32. The Morgan fingerprint density at radius 3 is 2.53 bits per heavy atom. The highest BCUT2D eigenvalue weighted by atomic mass is 19.1. The van der Waals surface area contributed by atoms with Crippen molar-refractivity contribution in [2.24, 2.45) is 5.92 Å². The van der Waals surface area contributed by atoms with Crippen LogP contribution in [0.25, 0.3) is 0 Å². The summed E-state index contributed by atoms with van der Waals surface area (Å²) in [6.07, 6.45) is -0.955. The Balaban J connectivity index is 2.51. The lowest BCUT2D eigenvalue weighted by Gasteiger charge is -2.26. The van der Waals surface area contributed by atoms with E-state index >= 15 is 0 Å². The zero-order valence-electron chi connectivity index (χ0n) is 9.38. The fourth-order valence-corrected chi connectivity index (χ4v) is 1.57. The van der Waals surface area contributed by atoms with Gasteiger partial charge >= 0.3 is 5.97 Å². The van der Waals surface area contributed by atoms with E-state index in [4.69, 9.17) is 4.74 Å².